The highest BCUT2D eigenvalue weighted by Crippen LogP contribution is 2.24. The molecule has 0 atom stereocenters. The van der Waals surface area contributed by atoms with E-state index in [1.807, 2.05) is 30.5 Å². The van der Waals surface area contributed by atoms with E-state index in [9.17, 15) is 0 Å². The summed E-state index contributed by atoms with van der Waals surface area (Å²) in [6.07, 6.45) is 9.13. The van der Waals surface area contributed by atoms with Crippen LogP contribution < -0.4 is 10.2 Å². The van der Waals surface area contributed by atoms with Crippen LogP contribution in [0.3, 0.4) is 0 Å². The Morgan fingerprint density at radius 1 is 0.970 bits per heavy atom. The van der Waals surface area contributed by atoms with Crippen LogP contribution in [0.25, 0.3) is 10.9 Å². The Bertz CT molecular complexity index is 1040. The monoisotopic (exact) mass is 468 g/mol. The number of unbranched alkanes of at least 4 members (excludes halogenated alkanes) is 3. The van der Waals surface area contributed by atoms with E-state index < -0.39 is 0 Å². The summed E-state index contributed by atoms with van der Waals surface area (Å²) in [6.45, 7) is 6.27. The minimum atomic E-state index is 0.708. The molecule has 0 radical (unpaired) electrons. The van der Waals surface area contributed by atoms with E-state index in [4.69, 9.17) is 31.3 Å². The third-order valence-corrected chi connectivity index (χ3v) is 6.10. The molecule has 2 aromatic heterocycles. The molecule has 33 heavy (non-hydrogen) atoms. The van der Waals surface area contributed by atoms with Crippen LogP contribution in [0.5, 0.6) is 0 Å². The number of fused-ring (bicyclic) bond motifs is 1. The van der Waals surface area contributed by atoms with Crippen molar-refractivity contribution in [3.63, 3.8) is 0 Å². The number of halogens is 1. The molecule has 1 aliphatic heterocycles. The van der Waals surface area contributed by atoms with E-state index in [0.717, 1.165) is 112 Å². The Kier molecular flexibility index (Phi) is 8.66. The van der Waals surface area contributed by atoms with E-state index in [2.05, 4.69) is 22.1 Å². The molecule has 1 saturated heterocycles. The molecule has 4 rings (SSSR count). The maximum Gasteiger partial charge on any atom is 0.229 e. The zero-order valence-corrected chi connectivity index (χ0v) is 20.2. The standard InChI is InChI=1S/C25H33ClN6O/c1-2-3-7-23-29-24(31-25(30-23)32-14-16-33-17-15-32)8-5-4-6-12-27-21-11-13-28-22-18-19(26)9-10-20(21)22/h9-11,13,18H,2-8,12,14-17H2,1H3,(H,27,28). The van der Waals surface area contributed by atoms with E-state index in [-0.39, 0.29) is 0 Å². The van der Waals surface area contributed by atoms with Gasteiger partial charge >= 0.3 is 0 Å². The summed E-state index contributed by atoms with van der Waals surface area (Å²) in [5, 5.41) is 5.36. The van der Waals surface area contributed by atoms with Crippen molar-refractivity contribution in [2.75, 3.05) is 43.1 Å². The number of nitrogens with zero attached hydrogens (tertiary/aromatic N) is 5. The molecule has 8 heteroatoms. The molecule has 1 N–H and O–H groups in total. The number of aryl methyl sites for hydroxylation is 2. The van der Waals surface area contributed by atoms with Crippen molar-refractivity contribution in [3.05, 3.63) is 47.1 Å². The molecule has 0 bridgehead atoms. The predicted molar refractivity (Wildman–Crippen MR) is 134 cm³/mol. The van der Waals surface area contributed by atoms with Gasteiger partial charge in [-0.25, -0.2) is 4.98 Å². The minimum absolute atomic E-state index is 0.708. The molecular formula is C25H33ClN6O. The van der Waals surface area contributed by atoms with E-state index in [0.29, 0.717) is 5.02 Å². The van der Waals surface area contributed by atoms with Gasteiger partial charge in [-0.15, -0.1) is 0 Å². The topological polar surface area (TPSA) is 76.1 Å². The Labute approximate surface area is 201 Å². The number of aromatic nitrogens is 4. The maximum absolute atomic E-state index is 6.09. The second-order valence-electron chi connectivity index (χ2n) is 8.43. The largest absolute Gasteiger partial charge is 0.384 e. The first-order valence-electron chi connectivity index (χ1n) is 12.1. The van der Waals surface area contributed by atoms with Crippen molar-refractivity contribution in [1.82, 2.24) is 19.9 Å². The van der Waals surface area contributed by atoms with Crippen LogP contribution in [0.1, 0.15) is 50.7 Å². The Hall–Kier alpha value is -2.51. The number of pyridine rings is 1. The van der Waals surface area contributed by atoms with Gasteiger partial charge in [0.1, 0.15) is 11.6 Å². The molecule has 0 saturated carbocycles. The average Bonchev–Trinajstić information content (AvgIpc) is 2.85. The van der Waals surface area contributed by atoms with E-state index >= 15 is 0 Å². The third kappa shape index (κ3) is 6.74. The van der Waals surface area contributed by atoms with Gasteiger partial charge in [0, 0.05) is 54.8 Å². The summed E-state index contributed by atoms with van der Waals surface area (Å²) in [7, 11) is 0. The Morgan fingerprint density at radius 3 is 2.55 bits per heavy atom. The fraction of sp³-hybridized carbons (Fsp3) is 0.520. The van der Waals surface area contributed by atoms with Gasteiger partial charge in [-0.2, -0.15) is 9.97 Å². The van der Waals surface area contributed by atoms with Crippen molar-refractivity contribution >= 4 is 34.1 Å². The summed E-state index contributed by atoms with van der Waals surface area (Å²) < 4.78 is 5.48. The molecule has 7 nitrogen and oxygen atoms in total. The van der Waals surface area contributed by atoms with Crippen LogP contribution in [0.4, 0.5) is 11.6 Å². The summed E-state index contributed by atoms with van der Waals surface area (Å²) in [5.74, 6) is 2.66. The van der Waals surface area contributed by atoms with Crippen molar-refractivity contribution in [1.29, 1.82) is 0 Å². The average molecular weight is 469 g/mol. The summed E-state index contributed by atoms with van der Waals surface area (Å²) in [5.41, 5.74) is 2.02. The zero-order valence-electron chi connectivity index (χ0n) is 19.4. The number of morpholine rings is 1. The first-order valence-corrected chi connectivity index (χ1v) is 12.5. The first-order chi connectivity index (χ1) is 16.2. The van der Waals surface area contributed by atoms with Crippen molar-refractivity contribution in [3.8, 4) is 0 Å². The fourth-order valence-corrected chi connectivity index (χ4v) is 4.17. The molecule has 1 aromatic carbocycles. The van der Waals surface area contributed by atoms with E-state index in [1.54, 1.807) is 0 Å². The SMILES string of the molecule is CCCCc1nc(CCCCCNc2ccnc3cc(Cl)ccc23)nc(N2CCOCC2)n1. The lowest BCUT2D eigenvalue weighted by molar-refractivity contribution is 0.122. The number of ether oxygens (including phenoxy) is 1. The number of hydrogen-bond acceptors (Lipinski definition) is 7. The third-order valence-electron chi connectivity index (χ3n) is 5.86. The van der Waals surface area contributed by atoms with Gasteiger partial charge in [0.2, 0.25) is 5.95 Å². The summed E-state index contributed by atoms with van der Waals surface area (Å²) in [4.78, 5) is 20.9. The summed E-state index contributed by atoms with van der Waals surface area (Å²) >= 11 is 6.09. The van der Waals surface area contributed by atoms with Crippen molar-refractivity contribution < 1.29 is 4.74 Å². The molecule has 1 fully saturated rings. The highest BCUT2D eigenvalue weighted by atomic mass is 35.5. The second kappa shape index (κ2) is 12.1. The number of benzene rings is 1. The van der Waals surface area contributed by atoms with Gasteiger partial charge in [-0.3, -0.25) is 4.98 Å². The lowest BCUT2D eigenvalue weighted by Crippen LogP contribution is -2.37. The minimum Gasteiger partial charge on any atom is -0.384 e. The number of hydrogen-bond donors (Lipinski definition) is 1. The van der Waals surface area contributed by atoms with Crippen LogP contribution in [-0.4, -0.2) is 52.8 Å². The Morgan fingerprint density at radius 2 is 1.76 bits per heavy atom. The molecule has 0 unspecified atom stereocenters. The smallest absolute Gasteiger partial charge is 0.229 e. The first kappa shape index (κ1) is 23.6. The van der Waals surface area contributed by atoms with Crippen LogP contribution >= 0.6 is 11.6 Å². The highest BCUT2D eigenvalue weighted by molar-refractivity contribution is 6.31. The van der Waals surface area contributed by atoms with Crippen LogP contribution in [0.2, 0.25) is 5.02 Å². The molecule has 3 heterocycles. The molecule has 0 amide bonds. The van der Waals surface area contributed by atoms with Gasteiger partial charge < -0.3 is 15.0 Å². The lowest BCUT2D eigenvalue weighted by Gasteiger charge is -2.27. The van der Waals surface area contributed by atoms with Gasteiger partial charge in [0.15, 0.2) is 0 Å². The summed E-state index contributed by atoms with van der Waals surface area (Å²) in [6, 6.07) is 7.85. The van der Waals surface area contributed by atoms with Crippen LogP contribution in [0.15, 0.2) is 30.5 Å². The molecular weight excluding hydrogens is 436 g/mol. The number of rotatable bonds is 11. The van der Waals surface area contributed by atoms with Crippen LogP contribution in [0, 0.1) is 0 Å². The quantitative estimate of drug-likeness (QED) is 0.393. The molecule has 176 valence electrons. The zero-order chi connectivity index (χ0) is 22.9. The van der Waals surface area contributed by atoms with Gasteiger partial charge in [-0.1, -0.05) is 31.4 Å². The maximum atomic E-state index is 6.09. The van der Waals surface area contributed by atoms with Gasteiger partial charge in [0.25, 0.3) is 0 Å². The predicted octanol–water partition coefficient (Wildman–Crippen LogP) is 5.08. The normalized spacial score (nSPS) is 14.1. The molecule has 0 spiro atoms. The van der Waals surface area contributed by atoms with Crippen LogP contribution in [-0.2, 0) is 17.6 Å². The van der Waals surface area contributed by atoms with Crippen molar-refractivity contribution in [2.24, 2.45) is 0 Å². The molecule has 3 aromatic rings. The van der Waals surface area contributed by atoms with E-state index in [1.165, 1.54) is 0 Å². The molecule has 0 aliphatic carbocycles. The lowest BCUT2D eigenvalue weighted by atomic mass is 10.1. The van der Waals surface area contributed by atoms with Gasteiger partial charge in [0.05, 0.1) is 18.7 Å². The number of anilines is 2. The molecule has 1 aliphatic rings. The fourth-order valence-electron chi connectivity index (χ4n) is 4.00. The number of nitrogens with one attached hydrogen (secondary N) is 1. The van der Waals surface area contributed by atoms with Crippen molar-refractivity contribution in [2.45, 2.75) is 51.9 Å². The second-order valence-corrected chi connectivity index (χ2v) is 8.86. The van der Waals surface area contributed by atoms with Gasteiger partial charge in [-0.05, 0) is 43.5 Å². The Balaban J connectivity index is 1.28. The highest BCUT2D eigenvalue weighted by Gasteiger charge is 2.16.